The summed E-state index contributed by atoms with van der Waals surface area (Å²) in [6.07, 6.45) is 1.83. The van der Waals surface area contributed by atoms with Crippen LogP contribution in [0.15, 0.2) is 60.7 Å². The van der Waals surface area contributed by atoms with Gasteiger partial charge in [-0.15, -0.1) is 0 Å². The molecule has 0 spiro atoms. The highest BCUT2D eigenvalue weighted by Crippen LogP contribution is 2.30. The predicted octanol–water partition coefficient (Wildman–Crippen LogP) is 4.70. The quantitative estimate of drug-likeness (QED) is 0.725. The summed E-state index contributed by atoms with van der Waals surface area (Å²) in [5, 5.41) is 12.3. The van der Waals surface area contributed by atoms with Gasteiger partial charge in [0.25, 0.3) is 0 Å². The molecule has 0 bridgehead atoms. The molecule has 0 radical (unpaired) electrons. The van der Waals surface area contributed by atoms with Crippen molar-refractivity contribution in [1.29, 1.82) is 0 Å². The Bertz CT molecular complexity index is 729. The topological polar surface area (TPSA) is 20.2 Å². The van der Waals surface area contributed by atoms with E-state index in [0.717, 1.165) is 23.6 Å². The molecule has 0 amide bonds. The second kappa shape index (κ2) is 5.38. The third kappa shape index (κ3) is 2.39. The third-order valence-corrected chi connectivity index (χ3v) is 3.77. The molecule has 0 aromatic heterocycles. The van der Waals surface area contributed by atoms with Gasteiger partial charge in [-0.2, -0.15) is 0 Å². The van der Waals surface area contributed by atoms with Gasteiger partial charge in [0.15, 0.2) is 0 Å². The molecule has 0 heterocycles. The van der Waals surface area contributed by atoms with E-state index < -0.39 is 0 Å². The summed E-state index contributed by atoms with van der Waals surface area (Å²) < 4.78 is 0. The smallest absolute Gasteiger partial charge is 0.123 e. The number of benzene rings is 3. The molecule has 0 saturated heterocycles. The van der Waals surface area contributed by atoms with Gasteiger partial charge in [0, 0.05) is 5.39 Å². The van der Waals surface area contributed by atoms with Gasteiger partial charge in [-0.1, -0.05) is 61.5 Å². The Hall–Kier alpha value is -2.28. The second-order valence-corrected chi connectivity index (χ2v) is 5.14. The molecule has 0 aliphatic carbocycles. The van der Waals surface area contributed by atoms with Crippen LogP contribution in [0.3, 0.4) is 0 Å². The van der Waals surface area contributed by atoms with Crippen molar-refractivity contribution in [2.24, 2.45) is 0 Å². The monoisotopic (exact) mass is 262 g/mol. The molecule has 1 nitrogen and oxygen atoms in total. The SMILES string of the molecule is CCc1cc(O)c2cccc(Cc3ccccc3)c2c1. The van der Waals surface area contributed by atoms with E-state index in [-0.39, 0.29) is 0 Å². The molecule has 0 aliphatic heterocycles. The highest BCUT2D eigenvalue weighted by molar-refractivity contribution is 5.91. The first-order chi connectivity index (χ1) is 9.78. The Morgan fingerprint density at radius 2 is 1.60 bits per heavy atom. The fourth-order valence-corrected chi connectivity index (χ4v) is 2.66. The van der Waals surface area contributed by atoms with Crippen LogP contribution in [-0.2, 0) is 12.8 Å². The molecule has 20 heavy (non-hydrogen) atoms. The van der Waals surface area contributed by atoms with E-state index in [4.69, 9.17) is 0 Å². The minimum absolute atomic E-state index is 0.384. The molecule has 100 valence electrons. The molecule has 0 unspecified atom stereocenters. The number of phenols is 1. The third-order valence-electron chi connectivity index (χ3n) is 3.77. The lowest BCUT2D eigenvalue weighted by Crippen LogP contribution is -1.91. The van der Waals surface area contributed by atoms with Crippen molar-refractivity contribution in [2.45, 2.75) is 19.8 Å². The van der Waals surface area contributed by atoms with Crippen LogP contribution in [-0.4, -0.2) is 5.11 Å². The number of hydrogen-bond acceptors (Lipinski definition) is 1. The zero-order valence-electron chi connectivity index (χ0n) is 11.6. The zero-order chi connectivity index (χ0) is 13.9. The van der Waals surface area contributed by atoms with E-state index >= 15 is 0 Å². The van der Waals surface area contributed by atoms with Crippen molar-refractivity contribution in [3.63, 3.8) is 0 Å². The van der Waals surface area contributed by atoms with E-state index in [1.165, 1.54) is 16.7 Å². The number of fused-ring (bicyclic) bond motifs is 1. The average molecular weight is 262 g/mol. The van der Waals surface area contributed by atoms with Crippen molar-refractivity contribution < 1.29 is 5.11 Å². The Morgan fingerprint density at radius 1 is 0.800 bits per heavy atom. The molecule has 0 atom stereocenters. The van der Waals surface area contributed by atoms with E-state index in [9.17, 15) is 5.11 Å². The number of aryl methyl sites for hydroxylation is 1. The first-order valence-electron chi connectivity index (χ1n) is 7.05. The first-order valence-corrected chi connectivity index (χ1v) is 7.05. The number of phenolic OH excluding ortho intramolecular Hbond substituents is 1. The summed E-state index contributed by atoms with van der Waals surface area (Å²) in [6, 6.07) is 20.7. The van der Waals surface area contributed by atoms with E-state index in [2.05, 4.69) is 43.3 Å². The van der Waals surface area contributed by atoms with Crippen molar-refractivity contribution in [1.82, 2.24) is 0 Å². The van der Waals surface area contributed by atoms with Crippen molar-refractivity contribution in [3.8, 4) is 5.75 Å². The summed E-state index contributed by atoms with van der Waals surface area (Å²) in [7, 11) is 0. The summed E-state index contributed by atoms with van der Waals surface area (Å²) >= 11 is 0. The molecule has 3 aromatic rings. The lowest BCUT2D eigenvalue weighted by Gasteiger charge is -2.10. The second-order valence-electron chi connectivity index (χ2n) is 5.14. The summed E-state index contributed by atoms with van der Waals surface area (Å²) in [4.78, 5) is 0. The Labute approximate surface area is 119 Å². The highest BCUT2D eigenvalue weighted by Gasteiger charge is 2.07. The standard InChI is InChI=1S/C19H18O/c1-2-14-12-18-16(11-15-7-4-3-5-8-15)9-6-10-17(18)19(20)13-14/h3-10,12-13,20H,2,11H2,1H3. The van der Waals surface area contributed by atoms with Gasteiger partial charge in [-0.3, -0.25) is 0 Å². The number of aromatic hydroxyl groups is 1. The zero-order valence-corrected chi connectivity index (χ0v) is 11.6. The molecule has 3 aromatic carbocycles. The van der Waals surface area contributed by atoms with Crippen LogP contribution in [0.4, 0.5) is 0 Å². The summed E-state index contributed by atoms with van der Waals surface area (Å²) in [5.74, 6) is 0.384. The largest absolute Gasteiger partial charge is 0.507 e. The minimum Gasteiger partial charge on any atom is -0.507 e. The van der Waals surface area contributed by atoms with Gasteiger partial charge in [0.05, 0.1) is 0 Å². The molecular formula is C19H18O. The number of hydrogen-bond donors (Lipinski definition) is 1. The van der Waals surface area contributed by atoms with Gasteiger partial charge in [-0.25, -0.2) is 0 Å². The molecule has 1 N–H and O–H groups in total. The van der Waals surface area contributed by atoms with Crippen LogP contribution >= 0.6 is 0 Å². The Morgan fingerprint density at radius 3 is 2.35 bits per heavy atom. The van der Waals surface area contributed by atoms with Crippen LogP contribution in [0.5, 0.6) is 5.75 Å². The highest BCUT2D eigenvalue weighted by atomic mass is 16.3. The fourth-order valence-electron chi connectivity index (χ4n) is 2.66. The fraction of sp³-hybridized carbons (Fsp3) is 0.158. The van der Waals surface area contributed by atoms with Gasteiger partial charge < -0.3 is 5.11 Å². The van der Waals surface area contributed by atoms with Crippen LogP contribution < -0.4 is 0 Å². The normalized spacial score (nSPS) is 10.8. The lowest BCUT2D eigenvalue weighted by atomic mass is 9.96. The lowest BCUT2D eigenvalue weighted by molar-refractivity contribution is 0.481. The molecule has 0 aliphatic rings. The van der Waals surface area contributed by atoms with Gasteiger partial charge in [0.2, 0.25) is 0 Å². The molecular weight excluding hydrogens is 244 g/mol. The van der Waals surface area contributed by atoms with Gasteiger partial charge in [-0.05, 0) is 41.0 Å². The molecule has 1 heteroatoms. The average Bonchev–Trinajstić information content (AvgIpc) is 2.49. The summed E-state index contributed by atoms with van der Waals surface area (Å²) in [5.41, 5.74) is 3.73. The van der Waals surface area contributed by atoms with E-state index in [0.29, 0.717) is 5.75 Å². The van der Waals surface area contributed by atoms with Gasteiger partial charge in [0.1, 0.15) is 5.75 Å². The summed E-state index contributed by atoms with van der Waals surface area (Å²) in [6.45, 7) is 2.11. The van der Waals surface area contributed by atoms with E-state index in [1.807, 2.05) is 24.3 Å². The van der Waals surface area contributed by atoms with Crippen LogP contribution in [0.1, 0.15) is 23.6 Å². The maximum atomic E-state index is 10.2. The van der Waals surface area contributed by atoms with E-state index in [1.54, 1.807) is 0 Å². The first kappa shape index (κ1) is 12.7. The maximum Gasteiger partial charge on any atom is 0.123 e. The minimum atomic E-state index is 0.384. The van der Waals surface area contributed by atoms with Crippen LogP contribution in [0, 0.1) is 0 Å². The van der Waals surface area contributed by atoms with Gasteiger partial charge >= 0.3 is 0 Å². The molecule has 0 saturated carbocycles. The predicted molar refractivity (Wildman–Crippen MR) is 84.2 cm³/mol. The van der Waals surface area contributed by atoms with Crippen molar-refractivity contribution in [2.75, 3.05) is 0 Å². The Kier molecular flexibility index (Phi) is 3.42. The maximum absolute atomic E-state index is 10.2. The molecule has 3 rings (SSSR count). The van der Waals surface area contributed by atoms with Crippen molar-refractivity contribution in [3.05, 3.63) is 77.4 Å². The Balaban J connectivity index is 2.13. The van der Waals surface area contributed by atoms with Crippen molar-refractivity contribution >= 4 is 10.8 Å². The molecule has 0 fully saturated rings. The van der Waals surface area contributed by atoms with Crippen LogP contribution in [0.25, 0.3) is 10.8 Å². The van der Waals surface area contributed by atoms with Crippen LogP contribution in [0.2, 0.25) is 0 Å². The number of rotatable bonds is 3.